The van der Waals surface area contributed by atoms with Gasteiger partial charge in [0.25, 0.3) is 5.91 Å². The van der Waals surface area contributed by atoms with Crippen molar-refractivity contribution >= 4 is 17.5 Å². The Kier molecular flexibility index (Phi) is 7.82. The molecule has 4 rings (SSSR count). The lowest BCUT2D eigenvalue weighted by Gasteiger charge is -2.30. The summed E-state index contributed by atoms with van der Waals surface area (Å²) in [4.78, 5) is 29.4. The first-order valence-corrected chi connectivity index (χ1v) is 12.1. The van der Waals surface area contributed by atoms with Crippen molar-refractivity contribution in [1.29, 1.82) is 0 Å². The third-order valence-electron chi connectivity index (χ3n) is 6.48. The summed E-state index contributed by atoms with van der Waals surface area (Å²) in [6.45, 7) is 3.49. The minimum atomic E-state index is -0.701. The number of methoxy groups -OCH3 is 2. The van der Waals surface area contributed by atoms with E-state index in [1.807, 2.05) is 31.2 Å². The maximum absolute atomic E-state index is 13.6. The Morgan fingerprint density at radius 2 is 1.83 bits per heavy atom. The molecule has 0 radical (unpaired) electrons. The summed E-state index contributed by atoms with van der Waals surface area (Å²) >= 11 is 0. The minimum Gasteiger partial charge on any atom is -0.493 e. The van der Waals surface area contributed by atoms with Crippen LogP contribution >= 0.6 is 0 Å². The number of aromatic nitrogens is 4. The highest BCUT2D eigenvalue weighted by Gasteiger charge is 2.31. The third-order valence-corrected chi connectivity index (χ3v) is 6.48. The van der Waals surface area contributed by atoms with Crippen molar-refractivity contribution in [1.82, 2.24) is 25.5 Å². The quantitative estimate of drug-likeness (QED) is 0.488. The van der Waals surface area contributed by atoms with Crippen molar-refractivity contribution < 1.29 is 19.1 Å². The number of carbonyl (C=O) groups is 2. The molecule has 1 fully saturated rings. The van der Waals surface area contributed by atoms with Crippen LogP contribution < -0.4 is 19.7 Å². The fourth-order valence-electron chi connectivity index (χ4n) is 4.50. The monoisotopic (exact) mass is 492 g/mol. The molecule has 0 unspecified atom stereocenters. The summed E-state index contributed by atoms with van der Waals surface area (Å²) in [6, 6.07) is 12.3. The van der Waals surface area contributed by atoms with E-state index in [1.54, 1.807) is 39.3 Å². The molecule has 2 amide bonds. The van der Waals surface area contributed by atoms with Gasteiger partial charge in [-0.1, -0.05) is 31.0 Å². The third kappa shape index (κ3) is 5.48. The number of nitrogens with zero attached hydrogens (tertiary/aromatic N) is 5. The van der Waals surface area contributed by atoms with E-state index in [-0.39, 0.29) is 24.4 Å². The molecular formula is C26H32N6O4. The van der Waals surface area contributed by atoms with Crippen molar-refractivity contribution in [3.05, 3.63) is 48.0 Å². The largest absolute Gasteiger partial charge is 0.493 e. The standard InChI is InChI=1S/C26H32N6O4/c1-17-9-5-8-12-21(17)32(18(2)26(34)27-20-10-6-7-11-20)24(33)16-31-29-25(28-30-31)19-13-14-22(35-3)23(15-19)36-4/h5,8-9,12-15,18,20H,6-7,10-11,16H2,1-4H3,(H,27,34)/t18-/m0/s1. The molecule has 1 aliphatic rings. The number of anilines is 1. The zero-order chi connectivity index (χ0) is 25.7. The molecule has 10 heteroatoms. The van der Waals surface area contributed by atoms with E-state index >= 15 is 0 Å². The summed E-state index contributed by atoms with van der Waals surface area (Å²) in [5.74, 6) is 0.988. The highest BCUT2D eigenvalue weighted by atomic mass is 16.5. The number of aryl methyl sites for hydroxylation is 1. The van der Waals surface area contributed by atoms with E-state index in [0.29, 0.717) is 28.6 Å². The van der Waals surface area contributed by atoms with E-state index in [2.05, 4.69) is 20.7 Å². The van der Waals surface area contributed by atoms with Crippen LogP contribution in [0.15, 0.2) is 42.5 Å². The highest BCUT2D eigenvalue weighted by Crippen LogP contribution is 2.31. The van der Waals surface area contributed by atoms with Crippen molar-refractivity contribution in [3.63, 3.8) is 0 Å². The molecule has 1 heterocycles. The van der Waals surface area contributed by atoms with Crippen LogP contribution in [0.5, 0.6) is 11.5 Å². The molecule has 1 N–H and O–H groups in total. The molecule has 0 bridgehead atoms. The lowest BCUT2D eigenvalue weighted by atomic mass is 10.1. The molecule has 0 aliphatic heterocycles. The first-order valence-electron chi connectivity index (χ1n) is 12.1. The van der Waals surface area contributed by atoms with Crippen LogP contribution in [-0.4, -0.2) is 58.3 Å². The number of hydrogen-bond donors (Lipinski definition) is 1. The maximum Gasteiger partial charge on any atom is 0.251 e. The van der Waals surface area contributed by atoms with E-state index in [4.69, 9.17) is 9.47 Å². The Hall–Kier alpha value is -3.95. The molecule has 1 aliphatic carbocycles. The molecule has 0 spiro atoms. The Labute approximate surface area is 210 Å². The van der Waals surface area contributed by atoms with E-state index in [1.165, 1.54) is 9.70 Å². The Morgan fingerprint density at radius 1 is 1.11 bits per heavy atom. The highest BCUT2D eigenvalue weighted by molar-refractivity contribution is 6.01. The van der Waals surface area contributed by atoms with Crippen LogP contribution in [0, 0.1) is 6.92 Å². The van der Waals surface area contributed by atoms with Gasteiger partial charge in [0.1, 0.15) is 12.6 Å². The zero-order valence-electron chi connectivity index (χ0n) is 21.1. The van der Waals surface area contributed by atoms with Gasteiger partial charge in [-0.15, -0.1) is 10.2 Å². The maximum atomic E-state index is 13.6. The van der Waals surface area contributed by atoms with Crippen LogP contribution in [0.4, 0.5) is 5.69 Å². The molecular weight excluding hydrogens is 460 g/mol. The predicted molar refractivity (Wildman–Crippen MR) is 135 cm³/mol. The van der Waals surface area contributed by atoms with Gasteiger partial charge in [0.2, 0.25) is 11.7 Å². The van der Waals surface area contributed by atoms with Crippen molar-refractivity contribution in [2.45, 2.75) is 58.2 Å². The van der Waals surface area contributed by atoms with Crippen molar-refractivity contribution in [3.8, 4) is 22.9 Å². The Morgan fingerprint density at radius 3 is 2.53 bits per heavy atom. The molecule has 190 valence electrons. The van der Waals surface area contributed by atoms with Gasteiger partial charge in [0.05, 0.1) is 14.2 Å². The number of nitrogens with one attached hydrogen (secondary N) is 1. The average molecular weight is 493 g/mol. The van der Waals surface area contributed by atoms with Crippen molar-refractivity contribution in [2.75, 3.05) is 19.1 Å². The minimum absolute atomic E-state index is 0.162. The number of ether oxygens (including phenoxy) is 2. The lowest BCUT2D eigenvalue weighted by Crippen LogP contribution is -2.51. The molecule has 36 heavy (non-hydrogen) atoms. The van der Waals surface area contributed by atoms with Gasteiger partial charge in [-0.3, -0.25) is 14.5 Å². The van der Waals surface area contributed by atoms with Gasteiger partial charge in [0, 0.05) is 17.3 Å². The summed E-state index contributed by atoms with van der Waals surface area (Å²) in [5, 5.41) is 15.7. The molecule has 10 nitrogen and oxygen atoms in total. The smallest absolute Gasteiger partial charge is 0.251 e. The number of amides is 2. The summed E-state index contributed by atoms with van der Waals surface area (Å²) in [7, 11) is 3.11. The number of para-hydroxylation sites is 1. The van der Waals surface area contributed by atoms with Crippen LogP contribution in [0.1, 0.15) is 38.2 Å². The fraction of sp³-hybridized carbons (Fsp3) is 0.423. The Bertz CT molecular complexity index is 1220. The van der Waals surface area contributed by atoms with Crippen LogP contribution in [0.3, 0.4) is 0 Å². The molecule has 1 aromatic heterocycles. The van der Waals surface area contributed by atoms with Gasteiger partial charge in [-0.25, -0.2) is 0 Å². The van der Waals surface area contributed by atoms with Gasteiger partial charge in [-0.2, -0.15) is 4.80 Å². The molecule has 0 saturated heterocycles. The first kappa shape index (κ1) is 25.2. The second-order valence-corrected chi connectivity index (χ2v) is 8.93. The van der Waals surface area contributed by atoms with Gasteiger partial charge in [-0.05, 0) is 61.7 Å². The SMILES string of the molecule is COc1ccc(-c2nnn(CC(=O)N(c3ccccc3C)[C@@H](C)C(=O)NC3CCCC3)n2)cc1OC. The van der Waals surface area contributed by atoms with Gasteiger partial charge in [0.15, 0.2) is 11.5 Å². The van der Waals surface area contributed by atoms with Crippen LogP contribution in [-0.2, 0) is 16.1 Å². The van der Waals surface area contributed by atoms with Gasteiger partial charge >= 0.3 is 0 Å². The van der Waals surface area contributed by atoms with E-state index in [0.717, 1.165) is 31.2 Å². The lowest BCUT2D eigenvalue weighted by molar-refractivity contribution is -0.127. The van der Waals surface area contributed by atoms with E-state index in [9.17, 15) is 9.59 Å². The van der Waals surface area contributed by atoms with Crippen LogP contribution in [0.25, 0.3) is 11.4 Å². The summed E-state index contributed by atoms with van der Waals surface area (Å²) in [6.07, 6.45) is 4.16. The normalized spacial score (nSPS) is 14.3. The second-order valence-electron chi connectivity index (χ2n) is 8.93. The number of tetrazole rings is 1. The van der Waals surface area contributed by atoms with Gasteiger partial charge < -0.3 is 14.8 Å². The predicted octanol–water partition coefficient (Wildman–Crippen LogP) is 3.15. The van der Waals surface area contributed by atoms with Crippen molar-refractivity contribution in [2.24, 2.45) is 0 Å². The number of hydrogen-bond acceptors (Lipinski definition) is 7. The Balaban J connectivity index is 1.56. The number of carbonyl (C=O) groups excluding carboxylic acids is 2. The summed E-state index contributed by atoms with van der Waals surface area (Å²) < 4.78 is 10.6. The molecule has 3 aromatic rings. The fourth-order valence-corrected chi connectivity index (χ4v) is 4.50. The van der Waals surface area contributed by atoms with E-state index < -0.39 is 6.04 Å². The summed E-state index contributed by atoms with van der Waals surface area (Å²) in [5.41, 5.74) is 2.24. The second kappa shape index (κ2) is 11.2. The molecule has 2 aromatic carbocycles. The first-order chi connectivity index (χ1) is 17.4. The molecule has 1 atom stereocenters. The zero-order valence-corrected chi connectivity index (χ0v) is 21.1. The number of rotatable bonds is 9. The van der Waals surface area contributed by atoms with Crippen LogP contribution in [0.2, 0.25) is 0 Å². The molecule has 1 saturated carbocycles. The topological polar surface area (TPSA) is 111 Å². The number of benzene rings is 2. The average Bonchev–Trinajstić information content (AvgIpc) is 3.57.